The van der Waals surface area contributed by atoms with E-state index in [9.17, 15) is 8.42 Å². The minimum absolute atomic E-state index is 0. The van der Waals surface area contributed by atoms with Crippen molar-refractivity contribution in [2.75, 3.05) is 32.4 Å². The third kappa shape index (κ3) is 7.42. The van der Waals surface area contributed by atoms with Gasteiger partial charge in [0.1, 0.15) is 0 Å². The quantitative estimate of drug-likeness (QED) is 0.366. The molecule has 1 heterocycles. The van der Waals surface area contributed by atoms with Crippen molar-refractivity contribution in [3.05, 3.63) is 0 Å². The zero-order valence-corrected chi connectivity index (χ0v) is 17.1. The minimum Gasteiger partial charge on any atom is -0.373 e. The van der Waals surface area contributed by atoms with E-state index in [1.807, 2.05) is 27.7 Å². The fourth-order valence-electron chi connectivity index (χ4n) is 2.25. The van der Waals surface area contributed by atoms with Crippen LogP contribution in [0.1, 0.15) is 27.7 Å². The van der Waals surface area contributed by atoms with Crippen molar-refractivity contribution in [2.45, 2.75) is 45.9 Å². The van der Waals surface area contributed by atoms with Crippen LogP contribution in [0, 0.1) is 0 Å². The lowest BCUT2D eigenvalue weighted by atomic mass is 10.3. The predicted molar refractivity (Wildman–Crippen MR) is 100 cm³/mol. The van der Waals surface area contributed by atoms with Gasteiger partial charge in [-0.05, 0) is 27.7 Å². The van der Waals surface area contributed by atoms with E-state index in [-0.39, 0.29) is 48.0 Å². The zero-order chi connectivity index (χ0) is 16.0. The number of nitrogens with one attached hydrogen (secondary N) is 2. The van der Waals surface area contributed by atoms with E-state index in [0.29, 0.717) is 25.6 Å². The molecule has 7 nitrogen and oxygen atoms in total. The summed E-state index contributed by atoms with van der Waals surface area (Å²) >= 11 is 0. The second-order valence-corrected chi connectivity index (χ2v) is 7.78. The Morgan fingerprint density at radius 3 is 2.32 bits per heavy atom. The van der Waals surface area contributed by atoms with Crippen LogP contribution in [0.2, 0.25) is 0 Å². The van der Waals surface area contributed by atoms with Gasteiger partial charge in [0.15, 0.2) is 5.96 Å². The van der Waals surface area contributed by atoms with Crippen molar-refractivity contribution in [2.24, 2.45) is 4.99 Å². The lowest BCUT2D eigenvalue weighted by molar-refractivity contribution is -0.0440. The molecule has 1 fully saturated rings. The van der Waals surface area contributed by atoms with Gasteiger partial charge in [-0.1, -0.05) is 0 Å². The summed E-state index contributed by atoms with van der Waals surface area (Å²) < 4.78 is 31.8. The van der Waals surface area contributed by atoms with Gasteiger partial charge < -0.3 is 15.4 Å². The number of nitrogens with zero attached hydrogens (tertiary/aromatic N) is 2. The Kier molecular flexibility index (Phi) is 9.83. The van der Waals surface area contributed by atoms with Crippen molar-refractivity contribution in [3.63, 3.8) is 0 Å². The third-order valence-electron chi connectivity index (χ3n) is 3.08. The molecular weight excluding hydrogens is 419 g/mol. The molecular formula is C13H29IN4O3S. The largest absolute Gasteiger partial charge is 0.373 e. The van der Waals surface area contributed by atoms with Crippen molar-refractivity contribution in [3.8, 4) is 0 Å². The highest BCUT2D eigenvalue weighted by Crippen LogP contribution is 2.14. The predicted octanol–water partition coefficient (Wildman–Crippen LogP) is 0.617. The van der Waals surface area contributed by atoms with E-state index in [1.54, 1.807) is 7.05 Å². The molecule has 2 atom stereocenters. The molecule has 0 aromatic carbocycles. The topological polar surface area (TPSA) is 83.0 Å². The molecule has 1 saturated heterocycles. The lowest BCUT2D eigenvalue weighted by Gasteiger charge is -2.34. The molecule has 0 aliphatic carbocycles. The van der Waals surface area contributed by atoms with E-state index in [2.05, 4.69) is 15.6 Å². The molecule has 22 heavy (non-hydrogen) atoms. The van der Waals surface area contributed by atoms with Crippen molar-refractivity contribution >= 4 is 40.0 Å². The summed E-state index contributed by atoms with van der Waals surface area (Å²) in [7, 11) is -1.61. The smallest absolute Gasteiger partial charge is 0.216 e. The van der Waals surface area contributed by atoms with Crippen LogP contribution in [0.3, 0.4) is 0 Å². The number of rotatable bonds is 5. The molecule has 0 aromatic rings. The fourth-order valence-corrected chi connectivity index (χ4v) is 3.75. The average molecular weight is 448 g/mol. The van der Waals surface area contributed by atoms with Crippen LogP contribution in [-0.2, 0) is 14.8 Å². The van der Waals surface area contributed by atoms with Crippen LogP contribution in [0.4, 0.5) is 0 Å². The molecule has 0 spiro atoms. The SMILES string of the molecule is CN=C(NCCS(=O)(=O)N1CC(C)OC(C)C1)NC(C)C.I. The van der Waals surface area contributed by atoms with Crippen LogP contribution in [0.5, 0.6) is 0 Å². The second-order valence-electron chi connectivity index (χ2n) is 5.69. The first-order valence-electron chi connectivity index (χ1n) is 7.35. The van der Waals surface area contributed by atoms with Gasteiger partial charge in [-0.25, -0.2) is 8.42 Å². The van der Waals surface area contributed by atoms with E-state index in [1.165, 1.54) is 4.31 Å². The van der Waals surface area contributed by atoms with Crippen LogP contribution >= 0.6 is 24.0 Å². The third-order valence-corrected chi connectivity index (χ3v) is 4.89. The summed E-state index contributed by atoms with van der Waals surface area (Å²) in [6.45, 7) is 8.96. The number of halogens is 1. The molecule has 2 N–H and O–H groups in total. The van der Waals surface area contributed by atoms with E-state index in [0.717, 1.165) is 0 Å². The zero-order valence-electron chi connectivity index (χ0n) is 14.0. The van der Waals surface area contributed by atoms with E-state index in [4.69, 9.17) is 4.74 Å². The highest BCUT2D eigenvalue weighted by Gasteiger charge is 2.30. The van der Waals surface area contributed by atoms with Gasteiger partial charge in [0.2, 0.25) is 10.0 Å². The first-order valence-corrected chi connectivity index (χ1v) is 8.96. The summed E-state index contributed by atoms with van der Waals surface area (Å²) in [6, 6.07) is 0.244. The molecule has 9 heteroatoms. The first-order chi connectivity index (χ1) is 9.74. The Bertz CT molecular complexity index is 446. The maximum absolute atomic E-state index is 12.3. The molecule has 0 radical (unpaired) electrons. The number of hydrogen-bond donors (Lipinski definition) is 2. The number of hydrogen-bond acceptors (Lipinski definition) is 4. The van der Waals surface area contributed by atoms with Crippen LogP contribution in [-0.4, -0.2) is 69.4 Å². The van der Waals surface area contributed by atoms with Crippen molar-refractivity contribution in [1.82, 2.24) is 14.9 Å². The Balaban J connectivity index is 0.00000441. The molecule has 132 valence electrons. The summed E-state index contributed by atoms with van der Waals surface area (Å²) in [5, 5.41) is 6.14. The number of morpholine rings is 1. The van der Waals surface area contributed by atoms with Gasteiger partial charge >= 0.3 is 0 Å². The van der Waals surface area contributed by atoms with Gasteiger partial charge in [-0.15, -0.1) is 24.0 Å². The molecule has 2 unspecified atom stereocenters. The number of guanidine groups is 1. The summed E-state index contributed by atoms with van der Waals surface area (Å²) in [6.07, 6.45) is -0.126. The van der Waals surface area contributed by atoms with Crippen molar-refractivity contribution in [1.29, 1.82) is 0 Å². The Labute approximate surface area is 151 Å². The van der Waals surface area contributed by atoms with Gasteiger partial charge in [0.25, 0.3) is 0 Å². The molecule has 0 aromatic heterocycles. The Morgan fingerprint density at radius 2 is 1.86 bits per heavy atom. The number of aliphatic imine (C=N–C) groups is 1. The molecule has 1 rings (SSSR count). The number of sulfonamides is 1. The van der Waals surface area contributed by atoms with Crippen molar-refractivity contribution < 1.29 is 13.2 Å². The fraction of sp³-hybridized carbons (Fsp3) is 0.923. The van der Waals surface area contributed by atoms with Crippen LogP contribution in [0.25, 0.3) is 0 Å². The van der Waals surface area contributed by atoms with Gasteiger partial charge in [-0.2, -0.15) is 4.31 Å². The summed E-state index contributed by atoms with van der Waals surface area (Å²) in [5.74, 6) is 0.662. The van der Waals surface area contributed by atoms with Crippen LogP contribution < -0.4 is 10.6 Å². The average Bonchev–Trinajstić information content (AvgIpc) is 2.35. The van der Waals surface area contributed by atoms with Gasteiger partial charge in [0.05, 0.1) is 18.0 Å². The molecule has 0 saturated carbocycles. The Hall–Kier alpha value is -0.130. The molecule has 0 amide bonds. The highest BCUT2D eigenvalue weighted by atomic mass is 127. The molecule has 1 aliphatic heterocycles. The minimum atomic E-state index is -3.27. The van der Waals surface area contributed by atoms with Gasteiger partial charge in [-0.3, -0.25) is 4.99 Å². The van der Waals surface area contributed by atoms with Crippen LogP contribution in [0.15, 0.2) is 4.99 Å². The molecule has 1 aliphatic rings. The van der Waals surface area contributed by atoms with E-state index < -0.39 is 10.0 Å². The first kappa shape index (κ1) is 21.9. The molecule has 0 bridgehead atoms. The maximum atomic E-state index is 12.3. The normalized spacial score (nSPS) is 24.0. The highest BCUT2D eigenvalue weighted by molar-refractivity contribution is 14.0. The maximum Gasteiger partial charge on any atom is 0.216 e. The summed E-state index contributed by atoms with van der Waals surface area (Å²) in [4.78, 5) is 4.05. The lowest BCUT2D eigenvalue weighted by Crippen LogP contribution is -2.50. The standard InChI is InChI=1S/C13H28N4O3S.HI/c1-10(2)16-13(14-5)15-6-7-21(18,19)17-8-11(3)20-12(4)9-17;/h10-12H,6-9H2,1-5H3,(H2,14,15,16);1H. The van der Waals surface area contributed by atoms with E-state index >= 15 is 0 Å². The summed E-state index contributed by atoms with van der Waals surface area (Å²) in [5.41, 5.74) is 0. The Morgan fingerprint density at radius 1 is 1.32 bits per heavy atom. The van der Waals surface area contributed by atoms with Gasteiger partial charge in [0, 0.05) is 32.7 Å². The second kappa shape index (κ2) is 9.89. The monoisotopic (exact) mass is 448 g/mol. The number of ether oxygens (including phenoxy) is 1.